The number of carbonyl (C=O) groups excluding carboxylic acids is 1. The third-order valence-corrected chi connectivity index (χ3v) is 4.94. The second-order valence-electron chi connectivity index (χ2n) is 6.21. The van der Waals surface area contributed by atoms with Crippen molar-refractivity contribution in [2.45, 2.75) is 6.42 Å². The van der Waals surface area contributed by atoms with Crippen molar-refractivity contribution in [3.05, 3.63) is 59.7 Å². The minimum atomic E-state index is -0.473. The molecule has 0 radical (unpaired) electrons. The lowest BCUT2D eigenvalue weighted by molar-refractivity contribution is 0.0985. The fourth-order valence-electron chi connectivity index (χ4n) is 2.63. The lowest BCUT2D eigenvalue weighted by atomic mass is 10.2. The second-order valence-corrected chi connectivity index (χ2v) is 7.22. The highest BCUT2D eigenvalue weighted by Crippen LogP contribution is 2.31. The Bertz CT molecular complexity index is 926. The SMILES string of the molecule is CN(C)CCCN(C(=O)c1cccc(F)c1)c1nc2c(F)cccc2s1. The summed E-state index contributed by atoms with van der Waals surface area (Å²) in [7, 11) is 3.90. The quantitative estimate of drug-likeness (QED) is 0.649. The van der Waals surface area contributed by atoms with Gasteiger partial charge in [-0.3, -0.25) is 9.69 Å². The van der Waals surface area contributed by atoms with E-state index >= 15 is 0 Å². The van der Waals surface area contributed by atoms with Gasteiger partial charge in [0, 0.05) is 12.1 Å². The van der Waals surface area contributed by atoms with Gasteiger partial charge in [-0.1, -0.05) is 23.5 Å². The maximum atomic E-state index is 14.0. The summed E-state index contributed by atoms with van der Waals surface area (Å²) in [6, 6.07) is 10.3. The van der Waals surface area contributed by atoms with Crippen molar-refractivity contribution in [1.82, 2.24) is 9.88 Å². The van der Waals surface area contributed by atoms with Crippen LogP contribution in [-0.4, -0.2) is 43.0 Å². The number of carbonyl (C=O) groups is 1. The van der Waals surface area contributed by atoms with E-state index in [1.165, 1.54) is 40.5 Å². The molecule has 0 bridgehead atoms. The molecule has 1 heterocycles. The van der Waals surface area contributed by atoms with Gasteiger partial charge in [-0.25, -0.2) is 13.8 Å². The summed E-state index contributed by atoms with van der Waals surface area (Å²) in [6.07, 6.45) is 0.715. The molecule has 2 aromatic carbocycles. The fourth-order valence-corrected chi connectivity index (χ4v) is 3.63. The first-order valence-electron chi connectivity index (χ1n) is 8.23. The van der Waals surface area contributed by atoms with Crippen molar-refractivity contribution in [3.63, 3.8) is 0 Å². The molecule has 7 heteroatoms. The van der Waals surface area contributed by atoms with Gasteiger partial charge in [0.25, 0.3) is 5.91 Å². The van der Waals surface area contributed by atoms with E-state index < -0.39 is 11.6 Å². The van der Waals surface area contributed by atoms with Crippen LogP contribution in [0.3, 0.4) is 0 Å². The Morgan fingerprint density at radius 1 is 1.12 bits per heavy atom. The number of hydrogen-bond acceptors (Lipinski definition) is 4. The number of rotatable bonds is 6. The Morgan fingerprint density at radius 2 is 1.88 bits per heavy atom. The molecule has 3 aromatic rings. The number of para-hydroxylation sites is 1. The second kappa shape index (κ2) is 7.88. The molecule has 0 aliphatic carbocycles. The standard InChI is InChI=1S/C19H19F2N3OS/c1-23(2)10-5-11-24(18(25)13-6-3-7-14(20)12-13)19-22-17-15(21)8-4-9-16(17)26-19/h3-4,6-9,12H,5,10-11H2,1-2H3. The average Bonchev–Trinajstić information content (AvgIpc) is 3.03. The van der Waals surface area contributed by atoms with E-state index in [4.69, 9.17) is 0 Å². The molecule has 0 saturated carbocycles. The summed E-state index contributed by atoms with van der Waals surface area (Å²) >= 11 is 1.25. The lowest BCUT2D eigenvalue weighted by Gasteiger charge is -2.21. The van der Waals surface area contributed by atoms with Crippen molar-refractivity contribution >= 4 is 32.6 Å². The summed E-state index contributed by atoms with van der Waals surface area (Å²) in [5.41, 5.74) is 0.492. The first kappa shape index (κ1) is 18.4. The maximum Gasteiger partial charge on any atom is 0.260 e. The molecule has 136 valence electrons. The third kappa shape index (κ3) is 4.05. The van der Waals surface area contributed by atoms with E-state index in [0.717, 1.165) is 6.54 Å². The van der Waals surface area contributed by atoms with Crippen LogP contribution in [0.25, 0.3) is 10.2 Å². The topological polar surface area (TPSA) is 36.4 Å². The van der Waals surface area contributed by atoms with E-state index in [1.54, 1.807) is 18.2 Å². The van der Waals surface area contributed by atoms with Crippen LogP contribution in [0.1, 0.15) is 16.8 Å². The molecule has 0 saturated heterocycles. The number of hydrogen-bond donors (Lipinski definition) is 0. The summed E-state index contributed by atoms with van der Waals surface area (Å²) in [4.78, 5) is 20.8. The monoisotopic (exact) mass is 375 g/mol. The number of fused-ring (bicyclic) bond motifs is 1. The van der Waals surface area contributed by atoms with Crippen molar-refractivity contribution in [1.29, 1.82) is 0 Å². The van der Waals surface area contributed by atoms with Crippen LogP contribution >= 0.6 is 11.3 Å². The molecule has 0 fully saturated rings. The van der Waals surface area contributed by atoms with Crippen LogP contribution in [0, 0.1) is 11.6 Å². The molecule has 0 N–H and O–H groups in total. The van der Waals surface area contributed by atoms with E-state index in [-0.39, 0.29) is 17.0 Å². The Hall–Kier alpha value is -2.38. The molecular formula is C19H19F2N3OS. The van der Waals surface area contributed by atoms with Gasteiger partial charge in [0.15, 0.2) is 5.13 Å². The van der Waals surface area contributed by atoms with Gasteiger partial charge in [0.1, 0.15) is 17.2 Å². The van der Waals surface area contributed by atoms with Gasteiger partial charge >= 0.3 is 0 Å². The zero-order valence-corrected chi connectivity index (χ0v) is 15.4. The lowest BCUT2D eigenvalue weighted by Crippen LogP contribution is -2.33. The number of halogens is 2. The van der Waals surface area contributed by atoms with Gasteiger partial charge in [0.2, 0.25) is 0 Å². The zero-order chi connectivity index (χ0) is 18.7. The maximum absolute atomic E-state index is 14.0. The largest absolute Gasteiger partial charge is 0.309 e. The van der Waals surface area contributed by atoms with Gasteiger partial charge < -0.3 is 4.90 Å². The molecule has 0 aliphatic heterocycles. The summed E-state index contributed by atoms with van der Waals surface area (Å²) < 4.78 is 28.2. The normalized spacial score (nSPS) is 11.3. The molecule has 1 aromatic heterocycles. The summed E-state index contributed by atoms with van der Waals surface area (Å²) in [5, 5.41) is 0.415. The van der Waals surface area contributed by atoms with Gasteiger partial charge in [0.05, 0.1) is 4.70 Å². The van der Waals surface area contributed by atoms with E-state index in [9.17, 15) is 13.6 Å². The highest BCUT2D eigenvalue weighted by atomic mass is 32.1. The minimum Gasteiger partial charge on any atom is -0.309 e. The zero-order valence-electron chi connectivity index (χ0n) is 14.6. The van der Waals surface area contributed by atoms with E-state index in [0.29, 0.717) is 22.8 Å². The molecular weight excluding hydrogens is 356 g/mol. The molecule has 3 rings (SSSR count). The highest BCUT2D eigenvalue weighted by Gasteiger charge is 2.22. The molecule has 26 heavy (non-hydrogen) atoms. The third-order valence-electron chi connectivity index (χ3n) is 3.89. The van der Waals surface area contributed by atoms with Gasteiger partial charge in [-0.15, -0.1) is 0 Å². The minimum absolute atomic E-state index is 0.245. The van der Waals surface area contributed by atoms with E-state index in [2.05, 4.69) is 4.98 Å². The molecule has 0 atom stereocenters. The smallest absolute Gasteiger partial charge is 0.260 e. The molecule has 0 aliphatic rings. The van der Waals surface area contributed by atoms with Crippen LogP contribution in [0.4, 0.5) is 13.9 Å². The molecule has 0 spiro atoms. The Kier molecular flexibility index (Phi) is 5.58. The van der Waals surface area contributed by atoms with Crippen LogP contribution in [-0.2, 0) is 0 Å². The Balaban J connectivity index is 1.96. The number of nitrogens with zero attached hydrogens (tertiary/aromatic N) is 3. The van der Waals surface area contributed by atoms with Crippen LogP contribution < -0.4 is 4.90 Å². The number of aromatic nitrogens is 1. The Labute approximate surface area is 154 Å². The van der Waals surface area contributed by atoms with Crippen molar-refractivity contribution in [2.24, 2.45) is 0 Å². The number of anilines is 1. The summed E-state index contributed by atoms with van der Waals surface area (Å²) in [5.74, 6) is -1.24. The number of amides is 1. The van der Waals surface area contributed by atoms with Crippen molar-refractivity contribution in [3.8, 4) is 0 Å². The highest BCUT2D eigenvalue weighted by molar-refractivity contribution is 7.22. The molecule has 1 amide bonds. The predicted octanol–water partition coefficient (Wildman–Crippen LogP) is 4.17. The van der Waals surface area contributed by atoms with Gasteiger partial charge in [-0.2, -0.15) is 0 Å². The summed E-state index contributed by atoms with van der Waals surface area (Å²) in [6.45, 7) is 1.20. The van der Waals surface area contributed by atoms with Crippen molar-refractivity contribution in [2.75, 3.05) is 32.1 Å². The molecule has 0 unspecified atom stereocenters. The van der Waals surface area contributed by atoms with Crippen LogP contribution in [0.2, 0.25) is 0 Å². The average molecular weight is 375 g/mol. The van der Waals surface area contributed by atoms with Gasteiger partial charge in [-0.05, 0) is 57.4 Å². The number of thiazole rings is 1. The fraction of sp³-hybridized carbons (Fsp3) is 0.263. The first-order chi connectivity index (χ1) is 12.5. The van der Waals surface area contributed by atoms with Crippen LogP contribution in [0.15, 0.2) is 42.5 Å². The first-order valence-corrected chi connectivity index (χ1v) is 9.04. The molecule has 4 nitrogen and oxygen atoms in total. The van der Waals surface area contributed by atoms with Crippen LogP contribution in [0.5, 0.6) is 0 Å². The number of benzene rings is 2. The van der Waals surface area contributed by atoms with E-state index in [1.807, 2.05) is 19.0 Å². The predicted molar refractivity (Wildman–Crippen MR) is 101 cm³/mol. The van der Waals surface area contributed by atoms with Crippen molar-refractivity contribution < 1.29 is 13.6 Å². The Morgan fingerprint density at radius 3 is 2.58 bits per heavy atom.